The van der Waals surface area contributed by atoms with Crippen LogP contribution in [0.5, 0.6) is 0 Å². The fourth-order valence-electron chi connectivity index (χ4n) is 1.87. The normalized spacial score (nSPS) is 24.7. The van der Waals surface area contributed by atoms with E-state index in [0.29, 0.717) is 11.8 Å². The zero-order valence-corrected chi connectivity index (χ0v) is 10.4. The Morgan fingerprint density at radius 2 is 1.67 bits per heavy atom. The smallest absolute Gasteiger partial charge is 0.227 e. The van der Waals surface area contributed by atoms with Crippen molar-refractivity contribution < 1.29 is 4.79 Å². The van der Waals surface area contributed by atoms with Crippen molar-refractivity contribution in [2.45, 2.75) is 40.2 Å². The Kier molecular flexibility index (Phi) is 4.14. The molecule has 0 radical (unpaired) electrons. The van der Waals surface area contributed by atoms with Gasteiger partial charge in [-0.1, -0.05) is 27.7 Å². The van der Waals surface area contributed by atoms with E-state index >= 15 is 0 Å². The van der Waals surface area contributed by atoms with Gasteiger partial charge in [0, 0.05) is 19.1 Å². The zero-order chi connectivity index (χ0) is 11.6. The predicted molar refractivity (Wildman–Crippen MR) is 62.3 cm³/mol. The van der Waals surface area contributed by atoms with Crippen LogP contribution in [-0.2, 0) is 4.79 Å². The van der Waals surface area contributed by atoms with Crippen molar-refractivity contribution in [2.75, 3.05) is 13.1 Å². The Morgan fingerprint density at radius 1 is 1.27 bits per heavy atom. The van der Waals surface area contributed by atoms with E-state index in [-0.39, 0.29) is 17.9 Å². The summed E-state index contributed by atoms with van der Waals surface area (Å²) in [6.45, 7) is 10.3. The van der Waals surface area contributed by atoms with E-state index in [0.717, 1.165) is 19.5 Å². The Labute approximate surface area is 93.0 Å². The van der Waals surface area contributed by atoms with Gasteiger partial charge >= 0.3 is 0 Å². The maximum absolute atomic E-state index is 12.0. The van der Waals surface area contributed by atoms with E-state index in [1.54, 1.807) is 0 Å². The molecule has 0 aromatic carbocycles. The van der Waals surface area contributed by atoms with Crippen LogP contribution in [0.15, 0.2) is 0 Å². The minimum atomic E-state index is 0.113. The molecule has 88 valence electrons. The predicted octanol–water partition coefficient (Wildman–Crippen LogP) is 1.47. The lowest BCUT2D eigenvalue weighted by atomic mass is 10.1. The van der Waals surface area contributed by atoms with Gasteiger partial charge in [0.2, 0.25) is 5.91 Å². The molecule has 1 aliphatic carbocycles. The summed E-state index contributed by atoms with van der Waals surface area (Å²) in [6, 6.07) is 0.124. The monoisotopic (exact) mass is 212 g/mol. The topological polar surface area (TPSA) is 46.3 Å². The summed E-state index contributed by atoms with van der Waals surface area (Å²) in [4.78, 5) is 14.0. The Balaban J connectivity index is 2.50. The second kappa shape index (κ2) is 4.97. The van der Waals surface area contributed by atoms with Gasteiger partial charge in [0.1, 0.15) is 0 Å². The largest absolute Gasteiger partial charge is 0.342 e. The maximum atomic E-state index is 12.0. The van der Waals surface area contributed by atoms with Crippen molar-refractivity contribution in [2.24, 2.45) is 23.5 Å². The first kappa shape index (κ1) is 12.5. The van der Waals surface area contributed by atoms with Crippen LogP contribution in [0.4, 0.5) is 0 Å². The summed E-state index contributed by atoms with van der Waals surface area (Å²) in [5, 5.41) is 0. The van der Waals surface area contributed by atoms with Crippen molar-refractivity contribution in [3.8, 4) is 0 Å². The molecule has 0 bridgehead atoms. The van der Waals surface area contributed by atoms with Crippen molar-refractivity contribution in [1.29, 1.82) is 0 Å². The summed E-state index contributed by atoms with van der Waals surface area (Å²) in [5.74, 6) is 1.44. The molecule has 1 rings (SSSR count). The van der Waals surface area contributed by atoms with Gasteiger partial charge in [0.05, 0.1) is 5.92 Å². The van der Waals surface area contributed by atoms with E-state index < -0.39 is 0 Å². The lowest BCUT2D eigenvalue weighted by Gasteiger charge is -2.26. The van der Waals surface area contributed by atoms with Crippen LogP contribution in [-0.4, -0.2) is 29.9 Å². The van der Waals surface area contributed by atoms with Gasteiger partial charge in [-0.05, 0) is 18.3 Å². The van der Waals surface area contributed by atoms with Crippen LogP contribution in [0, 0.1) is 17.8 Å². The molecular formula is C12H24N2O. The number of nitrogens with zero attached hydrogens (tertiary/aromatic N) is 1. The first-order valence-electron chi connectivity index (χ1n) is 5.96. The van der Waals surface area contributed by atoms with Crippen LogP contribution in [0.25, 0.3) is 0 Å². The molecule has 0 aliphatic heterocycles. The fourth-order valence-corrected chi connectivity index (χ4v) is 1.87. The molecule has 1 fully saturated rings. The lowest BCUT2D eigenvalue weighted by Crippen LogP contribution is -2.39. The Hall–Kier alpha value is -0.570. The number of hydrogen-bond donors (Lipinski definition) is 1. The van der Waals surface area contributed by atoms with Crippen molar-refractivity contribution in [3.63, 3.8) is 0 Å². The summed E-state index contributed by atoms with van der Waals surface area (Å²) < 4.78 is 0. The lowest BCUT2D eigenvalue weighted by molar-refractivity contribution is -0.133. The number of nitrogens with two attached hydrogens (primary N) is 1. The molecule has 2 N–H and O–H groups in total. The number of hydrogen-bond acceptors (Lipinski definition) is 2. The van der Waals surface area contributed by atoms with E-state index in [1.807, 2.05) is 4.90 Å². The third-order valence-electron chi connectivity index (χ3n) is 2.64. The first-order chi connectivity index (χ1) is 6.91. The van der Waals surface area contributed by atoms with Gasteiger partial charge in [-0.3, -0.25) is 4.79 Å². The molecule has 1 saturated carbocycles. The van der Waals surface area contributed by atoms with Crippen LogP contribution in [0.2, 0.25) is 0 Å². The van der Waals surface area contributed by atoms with Gasteiger partial charge in [-0.25, -0.2) is 0 Å². The van der Waals surface area contributed by atoms with Gasteiger partial charge < -0.3 is 10.6 Å². The van der Waals surface area contributed by atoms with E-state index in [9.17, 15) is 4.79 Å². The highest BCUT2D eigenvalue weighted by molar-refractivity contribution is 5.82. The molecule has 0 spiro atoms. The molecule has 3 nitrogen and oxygen atoms in total. The Morgan fingerprint density at radius 3 is 1.93 bits per heavy atom. The number of amides is 1. The molecule has 15 heavy (non-hydrogen) atoms. The molecule has 2 atom stereocenters. The standard InChI is InChI=1S/C12H24N2O/c1-8(2)6-14(7-9(3)4)12(15)10-5-11(10)13/h8-11H,5-7,13H2,1-4H3. The summed E-state index contributed by atoms with van der Waals surface area (Å²) in [7, 11) is 0. The highest BCUT2D eigenvalue weighted by atomic mass is 16.2. The molecule has 0 heterocycles. The third-order valence-corrected chi connectivity index (χ3v) is 2.64. The number of carbonyl (C=O) groups is 1. The zero-order valence-electron chi connectivity index (χ0n) is 10.4. The number of carbonyl (C=O) groups excluding carboxylic acids is 1. The van der Waals surface area contributed by atoms with E-state index in [1.165, 1.54) is 0 Å². The quantitative estimate of drug-likeness (QED) is 0.750. The van der Waals surface area contributed by atoms with Crippen LogP contribution in [0.1, 0.15) is 34.1 Å². The minimum absolute atomic E-state index is 0.113. The average molecular weight is 212 g/mol. The highest BCUT2D eigenvalue weighted by Gasteiger charge is 2.42. The highest BCUT2D eigenvalue weighted by Crippen LogP contribution is 2.30. The fraction of sp³-hybridized carbons (Fsp3) is 0.917. The summed E-state index contributed by atoms with van der Waals surface area (Å²) in [6.07, 6.45) is 0.880. The molecule has 2 unspecified atom stereocenters. The van der Waals surface area contributed by atoms with Crippen LogP contribution < -0.4 is 5.73 Å². The second-order valence-electron chi connectivity index (χ2n) is 5.54. The molecule has 3 heteroatoms. The van der Waals surface area contributed by atoms with Crippen LogP contribution >= 0.6 is 0 Å². The summed E-state index contributed by atoms with van der Waals surface area (Å²) >= 11 is 0. The second-order valence-corrected chi connectivity index (χ2v) is 5.54. The van der Waals surface area contributed by atoms with Gasteiger partial charge in [-0.2, -0.15) is 0 Å². The van der Waals surface area contributed by atoms with E-state index in [4.69, 9.17) is 5.73 Å². The summed E-state index contributed by atoms with van der Waals surface area (Å²) in [5.41, 5.74) is 5.72. The molecule has 1 aliphatic rings. The van der Waals surface area contributed by atoms with Gasteiger partial charge in [0.25, 0.3) is 0 Å². The molecule has 0 aromatic rings. The SMILES string of the molecule is CC(C)CN(CC(C)C)C(=O)C1CC1N. The first-order valence-corrected chi connectivity index (χ1v) is 5.96. The molecular weight excluding hydrogens is 188 g/mol. The van der Waals surface area contributed by atoms with Crippen molar-refractivity contribution in [3.05, 3.63) is 0 Å². The van der Waals surface area contributed by atoms with Crippen molar-refractivity contribution >= 4 is 5.91 Å². The molecule has 0 aromatic heterocycles. The van der Waals surface area contributed by atoms with Gasteiger partial charge in [0.15, 0.2) is 0 Å². The maximum Gasteiger partial charge on any atom is 0.227 e. The van der Waals surface area contributed by atoms with Crippen molar-refractivity contribution in [1.82, 2.24) is 4.90 Å². The average Bonchev–Trinajstić information content (AvgIpc) is 2.78. The minimum Gasteiger partial charge on any atom is -0.342 e. The Bertz CT molecular complexity index is 216. The number of rotatable bonds is 5. The molecule has 0 saturated heterocycles. The molecule has 1 amide bonds. The van der Waals surface area contributed by atoms with Gasteiger partial charge in [-0.15, -0.1) is 0 Å². The third kappa shape index (κ3) is 3.82. The van der Waals surface area contributed by atoms with E-state index in [2.05, 4.69) is 27.7 Å². The van der Waals surface area contributed by atoms with Crippen LogP contribution in [0.3, 0.4) is 0 Å².